The Hall–Kier alpha value is -3.81. The number of piperazine rings is 1. The molecule has 0 aliphatic carbocycles. The van der Waals surface area contributed by atoms with E-state index in [2.05, 4.69) is 15.2 Å². The second-order valence-corrected chi connectivity index (χ2v) is 12.5. The number of aromatic hydroxyl groups is 1. The molecule has 43 heavy (non-hydrogen) atoms. The number of fused-ring (bicyclic) bond motifs is 1. The number of nitrogens with zero attached hydrogens (tertiary/aromatic N) is 4. The van der Waals surface area contributed by atoms with E-state index in [1.807, 2.05) is 4.90 Å². The summed E-state index contributed by atoms with van der Waals surface area (Å²) in [7, 11) is 0. The van der Waals surface area contributed by atoms with Crippen LogP contribution in [0.15, 0.2) is 42.6 Å². The summed E-state index contributed by atoms with van der Waals surface area (Å²) in [6.07, 6.45) is -2.27. The number of anilines is 1. The highest BCUT2D eigenvalue weighted by atomic mass is 35.5. The van der Waals surface area contributed by atoms with Gasteiger partial charge in [-0.1, -0.05) is 35.1 Å². The maximum Gasteiger partial charge on any atom is 0.417 e. The number of thiazole rings is 1. The van der Waals surface area contributed by atoms with Crippen LogP contribution in [0.5, 0.6) is 5.88 Å². The van der Waals surface area contributed by atoms with Gasteiger partial charge in [-0.25, -0.2) is 4.79 Å². The predicted molar refractivity (Wildman–Crippen MR) is 159 cm³/mol. The molecule has 14 heteroatoms. The van der Waals surface area contributed by atoms with Gasteiger partial charge in [-0.15, -0.1) is 0 Å². The fourth-order valence-corrected chi connectivity index (χ4v) is 6.01. The van der Waals surface area contributed by atoms with Gasteiger partial charge in [0.25, 0.3) is 0 Å². The SMILES string of the molecule is CC(C)(C)OC(=O)N1CCN(c2nc(O)c(C(=Cc3ccc(Cl)cc3C(F)(F)F)c3ccc4[nH]ncc4c3)s2)C[C@@H]1CO. The van der Waals surface area contributed by atoms with E-state index < -0.39 is 29.5 Å². The fraction of sp³-hybridized carbons (Fsp3) is 0.345. The van der Waals surface area contributed by atoms with Crippen molar-refractivity contribution in [3.8, 4) is 5.88 Å². The molecule has 0 saturated carbocycles. The van der Waals surface area contributed by atoms with Gasteiger partial charge in [-0.05, 0) is 62.2 Å². The van der Waals surface area contributed by atoms with Gasteiger partial charge in [0.05, 0.1) is 29.9 Å². The molecular weight excluding hydrogens is 607 g/mol. The zero-order valence-electron chi connectivity index (χ0n) is 23.4. The van der Waals surface area contributed by atoms with Crippen molar-refractivity contribution in [3.63, 3.8) is 0 Å². The van der Waals surface area contributed by atoms with Crippen molar-refractivity contribution in [2.75, 3.05) is 31.1 Å². The van der Waals surface area contributed by atoms with Crippen LogP contribution >= 0.6 is 22.9 Å². The lowest BCUT2D eigenvalue weighted by molar-refractivity contribution is -0.137. The van der Waals surface area contributed by atoms with Gasteiger partial charge >= 0.3 is 12.3 Å². The van der Waals surface area contributed by atoms with Crippen LogP contribution in [0.1, 0.15) is 42.3 Å². The van der Waals surface area contributed by atoms with E-state index in [1.54, 1.807) is 45.2 Å². The molecular formula is C29H29ClF3N5O4S. The summed E-state index contributed by atoms with van der Waals surface area (Å²) in [5.41, 5.74) is -0.191. The number of halogens is 4. The van der Waals surface area contributed by atoms with Crippen molar-refractivity contribution in [3.05, 3.63) is 69.2 Å². The summed E-state index contributed by atoms with van der Waals surface area (Å²) in [4.78, 5) is 20.6. The maximum absolute atomic E-state index is 14.0. The quantitative estimate of drug-likeness (QED) is 0.217. The lowest BCUT2D eigenvalue weighted by atomic mass is 9.98. The minimum atomic E-state index is -4.68. The third-order valence-corrected chi connectivity index (χ3v) is 8.18. The van der Waals surface area contributed by atoms with Gasteiger partial charge in [0.1, 0.15) is 10.5 Å². The molecule has 2 aromatic carbocycles. The maximum atomic E-state index is 14.0. The van der Waals surface area contributed by atoms with Gasteiger partial charge in [-0.3, -0.25) is 10.00 Å². The first-order valence-corrected chi connectivity index (χ1v) is 14.5. The Bertz CT molecular complexity index is 1680. The minimum absolute atomic E-state index is 0.0577. The van der Waals surface area contributed by atoms with Gasteiger partial charge in [0.15, 0.2) is 5.13 Å². The van der Waals surface area contributed by atoms with E-state index in [9.17, 15) is 28.2 Å². The van der Waals surface area contributed by atoms with Crippen molar-refractivity contribution < 1.29 is 32.9 Å². The van der Waals surface area contributed by atoms with Crippen LogP contribution in [0.4, 0.5) is 23.1 Å². The standard InChI is InChI=1S/C29H29ClF3N5O4S/c1-28(2,3)42-27(41)38-9-8-37(14-20(38)15-39)26-35-25(40)24(43-26)21(16-5-7-23-18(10-16)13-34-36-23)11-17-4-6-19(30)12-22(17)29(31,32)33/h4-7,10-13,20,39-40H,8-9,14-15H2,1-3H3,(H,34,36)/t20-/m1/s1. The lowest BCUT2D eigenvalue weighted by Crippen LogP contribution is -2.57. The molecule has 9 nitrogen and oxygen atoms in total. The second kappa shape index (κ2) is 11.7. The van der Waals surface area contributed by atoms with Crippen LogP contribution in [0, 0.1) is 0 Å². The number of hydrogen-bond donors (Lipinski definition) is 3. The average molecular weight is 636 g/mol. The number of H-pyrrole nitrogens is 1. The van der Waals surface area contributed by atoms with E-state index in [0.29, 0.717) is 22.8 Å². The number of benzene rings is 2. The van der Waals surface area contributed by atoms with Crippen molar-refractivity contribution in [2.45, 2.75) is 38.6 Å². The number of rotatable bonds is 5. The van der Waals surface area contributed by atoms with Gasteiger partial charge in [-0.2, -0.15) is 23.3 Å². The van der Waals surface area contributed by atoms with E-state index in [0.717, 1.165) is 28.3 Å². The highest BCUT2D eigenvalue weighted by Crippen LogP contribution is 2.42. The number of hydrogen-bond acceptors (Lipinski definition) is 8. The van der Waals surface area contributed by atoms with Gasteiger partial charge in [0.2, 0.25) is 5.88 Å². The molecule has 2 aromatic heterocycles. The minimum Gasteiger partial charge on any atom is -0.492 e. The number of ether oxygens (including phenoxy) is 1. The Balaban J connectivity index is 1.54. The van der Waals surface area contributed by atoms with Crippen molar-refractivity contribution in [2.24, 2.45) is 0 Å². The zero-order valence-corrected chi connectivity index (χ0v) is 25.0. The summed E-state index contributed by atoms with van der Waals surface area (Å²) >= 11 is 7.00. The van der Waals surface area contributed by atoms with E-state index >= 15 is 0 Å². The Morgan fingerprint density at radius 2 is 1.98 bits per heavy atom. The molecule has 228 valence electrons. The number of aromatic amines is 1. The molecule has 1 amide bonds. The molecule has 1 saturated heterocycles. The smallest absolute Gasteiger partial charge is 0.417 e. The van der Waals surface area contributed by atoms with Crippen molar-refractivity contribution in [1.82, 2.24) is 20.1 Å². The Morgan fingerprint density at radius 1 is 1.21 bits per heavy atom. The molecule has 0 unspecified atom stereocenters. The summed E-state index contributed by atoms with van der Waals surface area (Å²) in [5, 5.41) is 29.0. The normalized spacial score (nSPS) is 16.7. The Morgan fingerprint density at radius 3 is 2.67 bits per heavy atom. The Labute approximate surface area is 254 Å². The molecule has 5 rings (SSSR count). The zero-order chi connectivity index (χ0) is 31.1. The number of aliphatic hydroxyl groups excluding tert-OH is 1. The van der Waals surface area contributed by atoms with E-state index in [4.69, 9.17) is 16.3 Å². The van der Waals surface area contributed by atoms with Crippen LogP contribution in [-0.2, 0) is 10.9 Å². The number of carbonyl (C=O) groups is 1. The largest absolute Gasteiger partial charge is 0.492 e. The molecule has 1 atom stereocenters. The molecule has 0 bridgehead atoms. The van der Waals surface area contributed by atoms with Gasteiger partial charge < -0.3 is 19.8 Å². The molecule has 4 aromatic rings. The molecule has 0 spiro atoms. The molecule has 3 N–H and O–H groups in total. The summed E-state index contributed by atoms with van der Waals surface area (Å²) in [5.74, 6) is -0.365. The van der Waals surface area contributed by atoms with E-state index in [-0.39, 0.29) is 41.0 Å². The summed E-state index contributed by atoms with van der Waals surface area (Å²) in [6, 6.07) is 8.14. The first-order chi connectivity index (χ1) is 20.2. The first kappa shape index (κ1) is 30.6. The lowest BCUT2D eigenvalue weighted by Gasteiger charge is -2.40. The number of alkyl halides is 3. The monoisotopic (exact) mass is 635 g/mol. The van der Waals surface area contributed by atoms with E-state index in [1.165, 1.54) is 23.1 Å². The highest BCUT2D eigenvalue weighted by Gasteiger charge is 2.35. The molecule has 3 heterocycles. The summed E-state index contributed by atoms with van der Waals surface area (Å²) < 4.78 is 47.5. The fourth-order valence-electron chi connectivity index (χ4n) is 4.80. The second-order valence-electron chi connectivity index (χ2n) is 11.1. The van der Waals surface area contributed by atoms with Crippen LogP contribution in [0.3, 0.4) is 0 Å². The highest BCUT2D eigenvalue weighted by molar-refractivity contribution is 7.17. The number of aromatic nitrogens is 3. The van der Waals surface area contributed by atoms with Crippen LogP contribution < -0.4 is 4.90 Å². The Kier molecular flexibility index (Phi) is 8.34. The predicted octanol–water partition coefficient (Wildman–Crippen LogP) is 6.40. The number of nitrogens with one attached hydrogen (secondary N) is 1. The third kappa shape index (κ3) is 6.73. The van der Waals surface area contributed by atoms with Crippen molar-refractivity contribution >= 4 is 56.7 Å². The topological polar surface area (TPSA) is 115 Å². The van der Waals surface area contributed by atoms with Crippen LogP contribution in [-0.4, -0.2) is 74.3 Å². The molecule has 0 radical (unpaired) electrons. The van der Waals surface area contributed by atoms with Crippen LogP contribution in [0.25, 0.3) is 22.6 Å². The molecule has 1 fully saturated rings. The van der Waals surface area contributed by atoms with Crippen molar-refractivity contribution in [1.29, 1.82) is 0 Å². The number of carbonyl (C=O) groups excluding carboxylic acids is 1. The summed E-state index contributed by atoms with van der Waals surface area (Å²) in [6.45, 7) is 5.71. The molecule has 1 aliphatic heterocycles. The number of amides is 1. The third-order valence-electron chi connectivity index (χ3n) is 6.81. The van der Waals surface area contributed by atoms with Crippen LogP contribution in [0.2, 0.25) is 5.02 Å². The van der Waals surface area contributed by atoms with Gasteiger partial charge in [0, 0.05) is 35.6 Å². The molecule has 1 aliphatic rings. The number of aliphatic hydroxyl groups is 1. The first-order valence-electron chi connectivity index (χ1n) is 13.3. The average Bonchev–Trinajstić information content (AvgIpc) is 3.56.